The van der Waals surface area contributed by atoms with E-state index in [1.807, 2.05) is 0 Å². The van der Waals surface area contributed by atoms with Crippen molar-refractivity contribution in [1.29, 1.82) is 0 Å². The molecule has 0 aliphatic rings. The number of rotatable bonds is 4. The molecule has 6 nitrogen and oxygen atoms in total. The van der Waals surface area contributed by atoms with E-state index in [-0.39, 0.29) is 11.8 Å². The van der Waals surface area contributed by atoms with Gasteiger partial charge in [0.1, 0.15) is 11.8 Å². The third-order valence-electron chi connectivity index (χ3n) is 2.59. The van der Waals surface area contributed by atoms with Gasteiger partial charge in [0.15, 0.2) is 0 Å². The molecule has 0 aliphatic heterocycles. The first-order chi connectivity index (χ1) is 8.85. The zero-order chi connectivity index (χ0) is 14.6. The lowest BCUT2D eigenvalue weighted by Crippen LogP contribution is -2.44. The second-order valence-electron chi connectivity index (χ2n) is 4.42. The predicted octanol–water partition coefficient (Wildman–Crippen LogP) is 0.484. The number of amides is 2. The molecule has 0 fully saturated rings. The molecule has 1 rings (SSSR count). The lowest BCUT2D eigenvalue weighted by atomic mass is 10.1. The van der Waals surface area contributed by atoms with Crippen molar-refractivity contribution in [1.82, 2.24) is 10.2 Å². The van der Waals surface area contributed by atoms with Crippen LogP contribution in [0.3, 0.4) is 0 Å². The quantitative estimate of drug-likeness (QED) is 0.776. The minimum Gasteiger partial charge on any atom is -0.497 e. The second kappa shape index (κ2) is 6.08. The SMILES string of the molecule is COc1cc(N)cc(C(=O)NC(C)C(=O)N(C)C)c1. The highest BCUT2D eigenvalue weighted by Gasteiger charge is 2.18. The molecule has 2 amide bonds. The summed E-state index contributed by atoms with van der Waals surface area (Å²) in [5, 5.41) is 2.61. The van der Waals surface area contributed by atoms with E-state index in [0.29, 0.717) is 17.0 Å². The second-order valence-corrected chi connectivity index (χ2v) is 4.42. The van der Waals surface area contributed by atoms with Crippen LogP contribution in [0, 0.1) is 0 Å². The van der Waals surface area contributed by atoms with Gasteiger partial charge in [0.25, 0.3) is 5.91 Å². The fourth-order valence-corrected chi connectivity index (χ4v) is 1.60. The van der Waals surface area contributed by atoms with Crippen LogP contribution in [0.25, 0.3) is 0 Å². The molecule has 1 aromatic rings. The maximum atomic E-state index is 12.0. The summed E-state index contributed by atoms with van der Waals surface area (Å²) in [4.78, 5) is 25.1. The third-order valence-corrected chi connectivity index (χ3v) is 2.59. The Morgan fingerprint density at radius 1 is 1.32 bits per heavy atom. The summed E-state index contributed by atoms with van der Waals surface area (Å²) in [5.41, 5.74) is 6.46. The number of likely N-dealkylation sites (N-methyl/N-ethyl adjacent to an activating group) is 1. The highest BCUT2D eigenvalue weighted by atomic mass is 16.5. The Balaban J connectivity index is 2.84. The van der Waals surface area contributed by atoms with Crippen LogP contribution >= 0.6 is 0 Å². The summed E-state index contributed by atoms with van der Waals surface area (Å²) >= 11 is 0. The zero-order valence-corrected chi connectivity index (χ0v) is 11.6. The number of hydrogen-bond donors (Lipinski definition) is 2. The van der Waals surface area contributed by atoms with Crippen molar-refractivity contribution >= 4 is 17.5 Å². The first kappa shape index (κ1) is 14.8. The number of methoxy groups -OCH3 is 1. The summed E-state index contributed by atoms with van der Waals surface area (Å²) in [5.74, 6) is -0.0470. The van der Waals surface area contributed by atoms with E-state index in [9.17, 15) is 9.59 Å². The van der Waals surface area contributed by atoms with Crippen LogP contribution in [-0.4, -0.2) is 44.0 Å². The van der Waals surface area contributed by atoms with Crippen molar-refractivity contribution in [3.63, 3.8) is 0 Å². The molecule has 0 heterocycles. The Labute approximate surface area is 112 Å². The topological polar surface area (TPSA) is 84.7 Å². The van der Waals surface area contributed by atoms with Crippen LogP contribution in [0.4, 0.5) is 5.69 Å². The van der Waals surface area contributed by atoms with Gasteiger partial charge in [-0.05, 0) is 19.1 Å². The summed E-state index contributed by atoms with van der Waals surface area (Å²) in [7, 11) is 4.76. The standard InChI is InChI=1S/C13H19N3O3/c1-8(13(18)16(2)3)15-12(17)9-5-10(14)7-11(6-9)19-4/h5-8H,14H2,1-4H3,(H,15,17). The first-order valence-corrected chi connectivity index (χ1v) is 5.81. The maximum Gasteiger partial charge on any atom is 0.252 e. The van der Waals surface area contributed by atoms with Gasteiger partial charge in [0.2, 0.25) is 5.91 Å². The van der Waals surface area contributed by atoms with E-state index in [0.717, 1.165) is 0 Å². The number of nitrogens with one attached hydrogen (secondary N) is 1. The molecule has 0 spiro atoms. The number of nitrogen functional groups attached to an aromatic ring is 1. The number of carbonyl (C=O) groups excluding carboxylic acids is 2. The van der Waals surface area contributed by atoms with Crippen LogP contribution in [0.2, 0.25) is 0 Å². The van der Waals surface area contributed by atoms with E-state index in [1.165, 1.54) is 18.1 Å². The largest absolute Gasteiger partial charge is 0.497 e. The Hall–Kier alpha value is -2.24. The van der Waals surface area contributed by atoms with Crippen LogP contribution in [0.1, 0.15) is 17.3 Å². The van der Waals surface area contributed by atoms with E-state index in [1.54, 1.807) is 33.2 Å². The predicted molar refractivity (Wildman–Crippen MR) is 73.0 cm³/mol. The van der Waals surface area contributed by atoms with Gasteiger partial charge in [-0.1, -0.05) is 0 Å². The molecule has 104 valence electrons. The summed E-state index contributed by atoms with van der Waals surface area (Å²) < 4.78 is 5.04. The van der Waals surface area contributed by atoms with Gasteiger partial charge in [-0.15, -0.1) is 0 Å². The van der Waals surface area contributed by atoms with Crippen LogP contribution < -0.4 is 15.8 Å². The molecule has 0 aromatic heterocycles. The molecule has 1 aromatic carbocycles. The van der Waals surface area contributed by atoms with E-state index >= 15 is 0 Å². The van der Waals surface area contributed by atoms with Gasteiger partial charge < -0.3 is 20.7 Å². The fourth-order valence-electron chi connectivity index (χ4n) is 1.60. The van der Waals surface area contributed by atoms with Crippen molar-refractivity contribution in [2.24, 2.45) is 0 Å². The van der Waals surface area contributed by atoms with Crippen molar-refractivity contribution in [3.05, 3.63) is 23.8 Å². The molecule has 6 heteroatoms. The number of ether oxygens (including phenoxy) is 1. The van der Waals surface area contributed by atoms with Crippen LogP contribution in [0.15, 0.2) is 18.2 Å². The lowest BCUT2D eigenvalue weighted by Gasteiger charge is -2.18. The monoisotopic (exact) mass is 265 g/mol. The Morgan fingerprint density at radius 3 is 2.47 bits per heavy atom. The lowest BCUT2D eigenvalue weighted by molar-refractivity contribution is -0.130. The summed E-state index contributed by atoms with van der Waals surface area (Å²) in [6.07, 6.45) is 0. The van der Waals surface area contributed by atoms with Crippen molar-refractivity contribution in [2.45, 2.75) is 13.0 Å². The fraction of sp³-hybridized carbons (Fsp3) is 0.385. The Kier molecular flexibility index (Phi) is 4.74. The average molecular weight is 265 g/mol. The van der Waals surface area contributed by atoms with Crippen LogP contribution in [-0.2, 0) is 4.79 Å². The van der Waals surface area contributed by atoms with Gasteiger partial charge in [-0.2, -0.15) is 0 Å². The molecule has 0 aliphatic carbocycles. The zero-order valence-electron chi connectivity index (χ0n) is 11.6. The number of anilines is 1. The number of hydrogen-bond acceptors (Lipinski definition) is 4. The average Bonchev–Trinajstić information content (AvgIpc) is 2.36. The normalized spacial score (nSPS) is 11.6. The van der Waals surface area contributed by atoms with E-state index < -0.39 is 6.04 Å². The number of nitrogens with two attached hydrogens (primary N) is 1. The number of benzene rings is 1. The molecular formula is C13H19N3O3. The molecule has 19 heavy (non-hydrogen) atoms. The summed E-state index contributed by atoms with van der Waals surface area (Å²) in [6, 6.07) is 4.11. The van der Waals surface area contributed by atoms with E-state index in [2.05, 4.69) is 5.32 Å². The smallest absolute Gasteiger partial charge is 0.252 e. The number of nitrogens with zero attached hydrogens (tertiary/aromatic N) is 1. The van der Waals surface area contributed by atoms with Crippen molar-refractivity contribution in [3.8, 4) is 5.75 Å². The van der Waals surface area contributed by atoms with Crippen LogP contribution in [0.5, 0.6) is 5.75 Å². The van der Waals surface area contributed by atoms with E-state index in [4.69, 9.17) is 10.5 Å². The molecule has 0 saturated carbocycles. The molecule has 1 atom stereocenters. The first-order valence-electron chi connectivity index (χ1n) is 5.81. The molecular weight excluding hydrogens is 246 g/mol. The molecule has 1 unspecified atom stereocenters. The maximum absolute atomic E-state index is 12.0. The Morgan fingerprint density at radius 2 is 1.95 bits per heavy atom. The molecule has 0 saturated heterocycles. The highest BCUT2D eigenvalue weighted by Crippen LogP contribution is 2.18. The molecule has 0 radical (unpaired) electrons. The van der Waals surface area contributed by atoms with Gasteiger partial charge in [0, 0.05) is 31.4 Å². The summed E-state index contributed by atoms with van der Waals surface area (Å²) in [6.45, 7) is 1.63. The highest BCUT2D eigenvalue weighted by molar-refractivity contribution is 5.98. The third kappa shape index (κ3) is 3.87. The molecule has 3 N–H and O–H groups in total. The Bertz CT molecular complexity index is 486. The molecule has 0 bridgehead atoms. The van der Waals surface area contributed by atoms with Crippen molar-refractivity contribution in [2.75, 3.05) is 26.9 Å². The van der Waals surface area contributed by atoms with Crippen molar-refractivity contribution < 1.29 is 14.3 Å². The van der Waals surface area contributed by atoms with Gasteiger partial charge in [-0.3, -0.25) is 9.59 Å². The minimum absolute atomic E-state index is 0.177. The van der Waals surface area contributed by atoms with Gasteiger partial charge in [0.05, 0.1) is 7.11 Å². The number of carbonyl (C=O) groups is 2. The van der Waals surface area contributed by atoms with Gasteiger partial charge >= 0.3 is 0 Å². The minimum atomic E-state index is -0.602. The van der Waals surface area contributed by atoms with Gasteiger partial charge in [-0.25, -0.2) is 0 Å².